The van der Waals surface area contributed by atoms with Crippen molar-refractivity contribution in [2.45, 2.75) is 0 Å². The monoisotopic (exact) mass is 640 g/mol. The number of ketones is 2. The highest BCUT2D eigenvalue weighted by Gasteiger charge is 2.32. The first kappa shape index (κ1) is 23.7. The van der Waals surface area contributed by atoms with Crippen molar-refractivity contribution in [3.63, 3.8) is 0 Å². The molecule has 0 amide bonds. The molecule has 2 aliphatic rings. The highest BCUT2D eigenvalue weighted by atomic mass is 79.9. The Morgan fingerprint density at radius 3 is 1.32 bits per heavy atom. The molecule has 2 nitrogen and oxygen atoms in total. The Balaban J connectivity index is 1.63. The Bertz CT molecular complexity index is 2110. The van der Waals surface area contributed by atoms with Crippen molar-refractivity contribution < 1.29 is 9.59 Å². The van der Waals surface area contributed by atoms with Gasteiger partial charge in [-0.15, -0.1) is 0 Å². The number of rotatable bonds is 0. The predicted octanol–water partition coefficient (Wildman–Crippen LogP) is 9.93. The zero-order valence-corrected chi connectivity index (χ0v) is 24.1. The first-order chi connectivity index (χ1) is 19.5. The molecule has 0 spiro atoms. The second-order valence-corrected chi connectivity index (χ2v) is 11.9. The van der Waals surface area contributed by atoms with E-state index >= 15 is 0 Å². The van der Waals surface area contributed by atoms with E-state index in [1.54, 1.807) is 12.2 Å². The Kier molecular flexibility index (Phi) is 5.16. The maximum absolute atomic E-state index is 14.0. The van der Waals surface area contributed by atoms with Crippen LogP contribution < -0.4 is 0 Å². The van der Waals surface area contributed by atoms with Crippen LogP contribution in [0.4, 0.5) is 0 Å². The summed E-state index contributed by atoms with van der Waals surface area (Å²) in [6.07, 6.45) is 6.93. The first-order valence-corrected chi connectivity index (χ1v) is 14.6. The Hall–Kier alpha value is -4.12. The van der Waals surface area contributed by atoms with E-state index in [1.165, 1.54) is 0 Å². The quantitative estimate of drug-likeness (QED) is 0.122. The van der Waals surface area contributed by atoms with Crippen LogP contribution in [-0.4, -0.2) is 11.6 Å². The fraction of sp³-hybridized carbons (Fsp3) is 0. The Morgan fingerprint density at radius 1 is 0.450 bits per heavy atom. The van der Waals surface area contributed by atoms with Gasteiger partial charge in [-0.05, 0) is 78.5 Å². The standard InChI is InChI=1S/C36H18Br2O2/c37-27-17-21-11-15-29(39)35(31(21)33-23-7-3-1-5-19(23)9-13-25(27)33)36-30(40)16-12-22-18-28(38)26-14-10-20-6-2-4-8-24(20)34(26)32(22)36/h1-18H/b36-35-. The molecule has 188 valence electrons. The largest absolute Gasteiger partial charge is 0.289 e. The van der Waals surface area contributed by atoms with Crippen molar-refractivity contribution in [1.82, 2.24) is 0 Å². The van der Waals surface area contributed by atoms with Gasteiger partial charge in [0.1, 0.15) is 0 Å². The molecule has 0 heterocycles. The topological polar surface area (TPSA) is 34.1 Å². The Morgan fingerprint density at radius 2 is 0.875 bits per heavy atom. The molecule has 0 saturated carbocycles. The number of halogens is 2. The number of hydrogen-bond acceptors (Lipinski definition) is 2. The maximum Gasteiger partial charge on any atom is 0.187 e. The molecule has 0 saturated heterocycles. The summed E-state index contributed by atoms with van der Waals surface area (Å²) in [4.78, 5) is 28.0. The van der Waals surface area contributed by atoms with E-state index in [-0.39, 0.29) is 11.6 Å². The van der Waals surface area contributed by atoms with Crippen LogP contribution in [0.5, 0.6) is 0 Å². The van der Waals surface area contributed by atoms with Gasteiger partial charge in [0, 0.05) is 31.2 Å². The van der Waals surface area contributed by atoms with Crippen molar-refractivity contribution >= 4 is 110 Å². The van der Waals surface area contributed by atoms with Gasteiger partial charge >= 0.3 is 0 Å². The summed E-state index contributed by atoms with van der Waals surface area (Å²) in [6, 6.07) is 28.9. The molecule has 0 aliphatic heterocycles. The highest BCUT2D eigenvalue weighted by Crippen LogP contribution is 2.47. The fourth-order valence-corrected chi connectivity index (χ4v) is 7.54. The third kappa shape index (κ3) is 3.27. The molecule has 0 fully saturated rings. The lowest BCUT2D eigenvalue weighted by atomic mass is 9.77. The maximum atomic E-state index is 14.0. The molecule has 40 heavy (non-hydrogen) atoms. The number of carbonyl (C=O) groups is 2. The molecular weight excluding hydrogens is 624 g/mol. The molecule has 0 unspecified atom stereocenters. The molecule has 6 aromatic rings. The van der Waals surface area contributed by atoms with E-state index in [0.29, 0.717) is 11.1 Å². The average Bonchev–Trinajstić information content (AvgIpc) is 2.97. The van der Waals surface area contributed by atoms with E-state index in [0.717, 1.165) is 74.3 Å². The van der Waals surface area contributed by atoms with Gasteiger partial charge in [0.05, 0.1) is 0 Å². The summed E-state index contributed by atoms with van der Waals surface area (Å²) in [5.41, 5.74) is 4.35. The Labute approximate surface area is 246 Å². The van der Waals surface area contributed by atoms with Crippen molar-refractivity contribution in [1.29, 1.82) is 0 Å². The third-order valence-corrected chi connectivity index (χ3v) is 9.40. The van der Waals surface area contributed by atoms with E-state index in [2.05, 4.69) is 92.5 Å². The molecule has 4 heteroatoms. The van der Waals surface area contributed by atoms with Crippen LogP contribution in [-0.2, 0) is 9.59 Å². The third-order valence-electron chi connectivity index (χ3n) is 8.09. The van der Waals surface area contributed by atoms with Crippen LogP contribution in [0, 0.1) is 0 Å². The van der Waals surface area contributed by atoms with Crippen LogP contribution >= 0.6 is 31.9 Å². The first-order valence-electron chi connectivity index (χ1n) is 13.0. The number of carbonyl (C=O) groups excluding carboxylic acids is 2. The molecule has 0 bridgehead atoms. The minimum atomic E-state index is -0.162. The second-order valence-electron chi connectivity index (χ2n) is 10.2. The smallest absolute Gasteiger partial charge is 0.187 e. The van der Waals surface area contributed by atoms with Crippen molar-refractivity contribution in [2.24, 2.45) is 0 Å². The van der Waals surface area contributed by atoms with E-state index < -0.39 is 0 Å². The van der Waals surface area contributed by atoms with Gasteiger partial charge < -0.3 is 0 Å². The van der Waals surface area contributed by atoms with Gasteiger partial charge in [0.15, 0.2) is 11.6 Å². The van der Waals surface area contributed by atoms with Crippen LogP contribution in [0.2, 0.25) is 0 Å². The number of allylic oxidation sites excluding steroid dienone is 4. The summed E-state index contributed by atoms with van der Waals surface area (Å²) in [5.74, 6) is -0.324. The van der Waals surface area contributed by atoms with Crippen molar-refractivity contribution in [2.75, 3.05) is 0 Å². The number of fused-ring (bicyclic) bond motifs is 10. The van der Waals surface area contributed by atoms with Gasteiger partial charge in [0.25, 0.3) is 0 Å². The van der Waals surface area contributed by atoms with Gasteiger partial charge in [-0.2, -0.15) is 0 Å². The molecule has 0 aromatic heterocycles. The molecule has 0 atom stereocenters. The molecule has 2 aliphatic carbocycles. The summed E-state index contributed by atoms with van der Waals surface area (Å²) < 4.78 is 1.90. The summed E-state index contributed by atoms with van der Waals surface area (Å²) in [6.45, 7) is 0. The van der Waals surface area contributed by atoms with Crippen LogP contribution in [0.15, 0.2) is 106 Å². The lowest BCUT2D eigenvalue weighted by Gasteiger charge is -2.25. The van der Waals surface area contributed by atoms with Crippen molar-refractivity contribution in [3.05, 3.63) is 128 Å². The van der Waals surface area contributed by atoms with E-state index in [4.69, 9.17) is 0 Å². The molecular formula is C36H18Br2O2. The zero-order chi connectivity index (χ0) is 27.1. The van der Waals surface area contributed by atoms with Gasteiger partial charge in [-0.25, -0.2) is 0 Å². The predicted molar refractivity (Wildman–Crippen MR) is 173 cm³/mol. The zero-order valence-electron chi connectivity index (χ0n) is 21.0. The van der Waals surface area contributed by atoms with Gasteiger partial charge in [0.2, 0.25) is 0 Å². The molecule has 8 rings (SSSR count). The van der Waals surface area contributed by atoms with Gasteiger partial charge in [-0.1, -0.05) is 117 Å². The lowest BCUT2D eigenvalue weighted by Crippen LogP contribution is -2.15. The lowest BCUT2D eigenvalue weighted by molar-refractivity contribution is -0.111. The minimum Gasteiger partial charge on any atom is -0.289 e. The summed E-state index contributed by atoms with van der Waals surface area (Å²) in [5, 5.41) is 8.20. The van der Waals surface area contributed by atoms with Crippen LogP contribution in [0.1, 0.15) is 22.3 Å². The van der Waals surface area contributed by atoms with E-state index in [1.807, 2.05) is 36.4 Å². The normalized spacial score (nSPS) is 16.4. The second kappa shape index (κ2) is 8.69. The molecule has 0 radical (unpaired) electrons. The number of benzene rings is 6. The fourth-order valence-electron chi connectivity index (χ4n) is 6.38. The molecule has 0 N–H and O–H groups in total. The van der Waals surface area contributed by atoms with Crippen molar-refractivity contribution in [3.8, 4) is 0 Å². The molecule has 6 aromatic carbocycles. The SMILES string of the molecule is O=C1C=Cc2cc(Br)c3ccc4ccccc4c3c2/C1=C1/C(=O)C=Cc2cc(Br)c3ccc4ccccc4c3c21. The minimum absolute atomic E-state index is 0.162. The van der Waals surface area contributed by atoms with Crippen LogP contribution in [0.3, 0.4) is 0 Å². The summed E-state index contributed by atoms with van der Waals surface area (Å²) in [7, 11) is 0. The highest BCUT2D eigenvalue weighted by molar-refractivity contribution is 9.11. The van der Waals surface area contributed by atoms with E-state index in [9.17, 15) is 9.59 Å². The van der Waals surface area contributed by atoms with Crippen LogP contribution in [0.25, 0.3) is 66.4 Å². The average molecular weight is 642 g/mol. The summed E-state index contributed by atoms with van der Waals surface area (Å²) >= 11 is 7.56. The number of hydrogen-bond donors (Lipinski definition) is 0. The van der Waals surface area contributed by atoms with Gasteiger partial charge in [-0.3, -0.25) is 9.59 Å².